The van der Waals surface area contributed by atoms with Crippen molar-refractivity contribution in [1.29, 1.82) is 0 Å². The van der Waals surface area contributed by atoms with Crippen LogP contribution < -0.4 is 14.8 Å². The highest BCUT2D eigenvalue weighted by Gasteiger charge is 2.10. The molecule has 0 saturated carbocycles. The third-order valence-corrected chi connectivity index (χ3v) is 4.11. The highest BCUT2D eigenvalue weighted by atomic mass is 16.5. The predicted molar refractivity (Wildman–Crippen MR) is 94.0 cm³/mol. The Kier molecular flexibility index (Phi) is 4.06. The van der Waals surface area contributed by atoms with E-state index in [0.29, 0.717) is 0 Å². The van der Waals surface area contributed by atoms with E-state index in [1.165, 1.54) is 11.1 Å². The first-order valence-corrected chi connectivity index (χ1v) is 7.48. The Hall–Kier alpha value is -2.75. The molecule has 0 aliphatic carbocycles. The van der Waals surface area contributed by atoms with E-state index in [1.807, 2.05) is 30.5 Å². The Morgan fingerprint density at radius 3 is 2.48 bits per heavy atom. The SMILES string of the molecule is COc1ccc(OC)c(Nc2ccnc3c(C)c(C)ccc23)c1. The molecule has 0 amide bonds. The van der Waals surface area contributed by atoms with E-state index < -0.39 is 0 Å². The van der Waals surface area contributed by atoms with Gasteiger partial charge in [-0.1, -0.05) is 12.1 Å². The molecule has 0 bridgehead atoms. The molecule has 1 N–H and O–H groups in total. The largest absolute Gasteiger partial charge is 0.497 e. The van der Waals surface area contributed by atoms with Crippen LogP contribution in [0, 0.1) is 13.8 Å². The third kappa shape index (κ3) is 2.80. The summed E-state index contributed by atoms with van der Waals surface area (Å²) in [6.07, 6.45) is 1.82. The number of methoxy groups -OCH3 is 2. The van der Waals surface area contributed by atoms with Crippen LogP contribution in [0.5, 0.6) is 11.5 Å². The summed E-state index contributed by atoms with van der Waals surface area (Å²) in [6, 6.07) is 11.9. The number of pyridine rings is 1. The highest BCUT2D eigenvalue weighted by molar-refractivity contribution is 5.95. The van der Waals surface area contributed by atoms with Gasteiger partial charge in [-0.25, -0.2) is 0 Å². The van der Waals surface area contributed by atoms with Crippen molar-refractivity contribution in [1.82, 2.24) is 4.98 Å². The van der Waals surface area contributed by atoms with Crippen molar-refractivity contribution in [2.24, 2.45) is 0 Å². The van der Waals surface area contributed by atoms with Crippen LogP contribution in [0.25, 0.3) is 10.9 Å². The monoisotopic (exact) mass is 308 g/mol. The fourth-order valence-corrected chi connectivity index (χ4v) is 2.63. The van der Waals surface area contributed by atoms with Crippen molar-refractivity contribution in [3.8, 4) is 11.5 Å². The summed E-state index contributed by atoms with van der Waals surface area (Å²) in [4.78, 5) is 4.52. The normalized spacial score (nSPS) is 10.6. The molecule has 23 heavy (non-hydrogen) atoms. The van der Waals surface area contributed by atoms with Gasteiger partial charge in [0.2, 0.25) is 0 Å². The zero-order chi connectivity index (χ0) is 16.4. The van der Waals surface area contributed by atoms with Gasteiger partial charge in [-0.2, -0.15) is 0 Å². The van der Waals surface area contributed by atoms with E-state index in [0.717, 1.165) is 33.8 Å². The van der Waals surface area contributed by atoms with Crippen molar-refractivity contribution in [2.75, 3.05) is 19.5 Å². The van der Waals surface area contributed by atoms with Crippen LogP contribution in [0.3, 0.4) is 0 Å². The summed E-state index contributed by atoms with van der Waals surface area (Å²) in [5.41, 5.74) is 5.30. The highest BCUT2D eigenvalue weighted by Crippen LogP contribution is 2.34. The number of nitrogens with zero attached hydrogens (tertiary/aromatic N) is 1. The van der Waals surface area contributed by atoms with Crippen LogP contribution in [0.1, 0.15) is 11.1 Å². The summed E-state index contributed by atoms with van der Waals surface area (Å²) < 4.78 is 10.7. The number of hydrogen-bond acceptors (Lipinski definition) is 4. The molecular weight excluding hydrogens is 288 g/mol. The molecule has 4 nitrogen and oxygen atoms in total. The molecule has 0 unspecified atom stereocenters. The standard InChI is InChI=1S/C19H20N2O2/c1-12-5-7-15-16(9-10-20-19(15)13(12)2)21-17-11-14(22-3)6-8-18(17)23-4/h5-11H,1-4H3,(H,20,21). The topological polar surface area (TPSA) is 43.4 Å². The Morgan fingerprint density at radius 2 is 1.74 bits per heavy atom. The van der Waals surface area contributed by atoms with Crippen LogP contribution in [0.15, 0.2) is 42.6 Å². The van der Waals surface area contributed by atoms with Gasteiger partial charge in [-0.15, -0.1) is 0 Å². The molecule has 0 spiro atoms. The number of aromatic nitrogens is 1. The Morgan fingerprint density at radius 1 is 0.913 bits per heavy atom. The van der Waals surface area contributed by atoms with E-state index in [1.54, 1.807) is 14.2 Å². The molecular formula is C19H20N2O2. The lowest BCUT2D eigenvalue weighted by molar-refractivity contribution is 0.405. The lowest BCUT2D eigenvalue weighted by atomic mass is 10.0. The molecule has 1 aromatic heterocycles. The Labute approximate surface area is 136 Å². The molecule has 3 aromatic rings. The molecule has 4 heteroatoms. The minimum absolute atomic E-state index is 0.764. The van der Waals surface area contributed by atoms with Gasteiger partial charge >= 0.3 is 0 Å². The van der Waals surface area contributed by atoms with E-state index in [9.17, 15) is 0 Å². The number of nitrogens with one attached hydrogen (secondary N) is 1. The second-order valence-electron chi connectivity index (χ2n) is 5.45. The van der Waals surface area contributed by atoms with Gasteiger partial charge in [0, 0.05) is 23.3 Å². The summed E-state index contributed by atoms with van der Waals surface area (Å²) >= 11 is 0. The molecule has 0 fully saturated rings. The van der Waals surface area contributed by atoms with Gasteiger partial charge in [-0.05, 0) is 43.2 Å². The van der Waals surface area contributed by atoms with Crippen molar-refractivity contribution >= 4 is 22.3 Å². The van der Waals surface area contributed by atoms with Crippen molar-refractivity contribution in [3.05, 3.63) is 53.7 Å². The Balaban J connectivity index is 2.10. The van der Waals surface area contributed by atoms with Crippen LogP contribution in [-0.2, 0) is 0 Å². The van der Waals surface area contributed by atoms with Crippen molar-refractivity contribution in [2.45, 2.75) is 13.8 Å². The van der Waals surface area contributed by atoms with Gasteiger partial charge in [0.15, 0.2) is 0 Å². The lowest BCUT2D eigenvalue weighted by Gasteiger charge is -2.15. The van der Waals surface area contributed by atoms with Crippen LogP contribution >= 0.6 is 0 Å². The fourth-order valence-electron chi connectivity index (χ4n) is 2.63. The third-order valence-electron chi connectivity index (χ3n) is 4.11. The molecule has 0 aliphatic rings. The average Bonchev–Trinajstić information content (AvgIpc) is 2.58. The van der Waals surface area contributed by atoms with Gasteiger partial charge in [0.05, 0.1) is 25.4 Å². The molecule has 118 valence electrons. The number of hydrogen-bond donors (Lipinski definition) is 1. The van der Waals surface area contributed by atoms with E-state index in [4.69, 9.17) is 9.47 Å². The first-order valence-electron chi connectivity index (χ1n) is 7.48. The van der Waals surface area contributed by atoms with Crippen LogP contribution in [-0.4, -0.2) is 19.2 Å². The number of ether oxygens (including phenoxy) is 2. The molecule has 0 atom stereocenters. The smallest absolute Gasteiger partial charge is 0.142 e. The molecule has 1 heterocycles. The molecule has 2 aromatic carbocycles. The maximum atomic E-state index is 5.44. The summed E-state index contributed by atoms with van der Waals surface area (Å²) in [5.74, 6) is 1.54. The summed E-state index contributed by atoms with van der Waals surface area (Å²) in [7, 11) is 3.31. The van der Waals surface area contributed by atoms with Crippen molar-refractivity contribution in [3.63, 3.8) is 0 Å². The predicted octanol–water partition coefficient (Wildman–Crippen LogP) is 4.61. The minimum Gasteiger partial charge on any atom is -0.497 e. The zero-order valence-electron chi connectivity index (χ0n) is 13.8. The van der Waals surface area contributed by atoms with Crippen LogP contribution in [0.4, 0.5) is 11.4 Å². The maximum Gasteiger partial charge on any atom is 0.142 e. The van der Waals surface area contributed by atoms with Crippen molar-refractivity contribution < 1.29 is 9.47 Å². The number of benzene rings is 2. The van der Waals surface area contributed by atoms with Gasteiger partial charge < -0.3 is 14.8 Å². The lowest BCUT2D eigenvalue weighted by Crippen LogP contribution is -1.98. The summed E-state index contributed by atoms with van der Waals surface area (Å²) in [5, 5.41) is 4.53. The van der Waals surface area contributed by atoms with Crippen LogP contribution in [0.2, 0.25) is 0 Å². The van der Waals surface area contributed by atoms with Gasteiger partial charge in [-0.3, -0.25) is 4.98 Å². The average molecular weight is 308 g/mol. The summed E-state index contributed by atoms with van der Waals surface area (Å²) in [6.45, 7) is 4.20. The molecule has 0 aliphatic heterocycles. The maximum absolute atomic E-state index is 5.44. The molecule has 0 saturated heterocycles. The second-order valence-corrected chi connectivity index (χ2v) is 5.45. The van der Waals surface area contributed by atoms with Gasteiger partial charge in [0.1, 0.15) is 11.5 Å². The van der Waals surface area contributed by atoms with Gasteiger partial charge in [0.25, 0.3) is 0 Å². The second kappa shape index (κ2) is 6.16. The number of anilines is 2. The fraction of sp³-hybridized carbons (Fsp3) is 0.211. The van der Waals surface area contributed by atoms with E-state index in [-0.39, 0.29) is 0 Å². The number of fused-ring (bicyclic) bond motifs is 1. The molecule has 0 radical (unpaired) electrons. The quantitative estimate of drug-likeness (QED) is 0.764. The van der Waals surface area contributed by atoms with E-state index >= 15 is 0 Å². The first-order chi connectivity index (χ1) is 11.1. The minimum atomic E-state index is 0.764. The first kappa shape index (κ1) is 15.2. The number of rotatable bonds is 4. The van der Waals surface area contributed by atoms with E-state index in [2.05, 4.69) is 36.3 Å². The molecule has 3 rings (SSSR count). The Bertz CT molecular complexity index is 859. The number of aryl methyl sites for hydroxylation is 2. The zero-order valence-corrected chi connectivity index (χ0v) is 13.8.